The lowest BCUT2D eigenvalue weighted by Crippen LogP contribution is -2.41. The maximum absolute atomic E-state index is 11.4. The fraction of sp³-hybridized carbons (Fsp3) is 0.917. The second-order valence-electron chi connectivity index (χ2n) is 4.80. The van der Waals surface area contributed by atoms with Crippen molar-refractivity contribution in [2.24, 2.45) is 0 Å². The largest absolute Gasteiger partial charge is 0.356 e. The number of hydrogen-bond acceptors (Lipinski definition) is 4. The lowest BCUT2D eigenvalue weighted by molar-refractivity contribution is -0.121. The van der Waals surface area contributed by atoms with E-state index in [0.29, 0.717) is 12.5 Å². The molecule has 2 rings (SSSR count). The lowest BCUT2D eigenvalue weighted by atomic mass is 10.1. The summed E-state index contributed by atoms with van der Waals surface area (Å²) in [7, 11) is 0. The highest BCUT2D eigenvalue weighted by molar-refractivity contribution is 7.99. The third kappa shape index (κ3) is 4.85. The number of thioether (sulfide) groups is 1. The number of rotatable bonds is 4. The molecule has 2 heterocycles. The Bertz CT molecular complexity index is 244. The number of nitrogens with zero attached hydrogens (tertiary/aromatic N) is 1. The standard InChI is InChI=1S/C12H23N3OS/c16-12-10-11(2-1-3-14-12)13-4-5-15-6-8-17-9-7-15/h11,13H,1-10H2,(H,14,16). The number of hydrogen-bond donors (Lipinski definition) is 2. The summed E-state index contributed by atoms with van der Waals surface area (Å²) in [4.78, 5) is 13.9. The summed E-state index contributed by atoms with van der Waals surface area (Å²) >= 11 is 2.05. The van der Waals surface area contributed by atoms with Gasteiger partial charge in [-0.3, -0.25) is 4.79 Å². The Morgan fingerprint density at radius 2 is 2.24 bits per heavy atom. The van der Waals surface area contributed by atoms with Crippen LogP contribution in [0.1, 0.15) is 19.3 Å². The molecule has 0 spiro atoms. The molecule has 0 aliphatic carbocycles. The van der Waals surface area contributed by atoms with E-state index < -0.39 is 0 Å². The van der Waals surface area contributed by atoms with Crippen LogP contribution in [-0.2, 0) is 4.79 Å². The molecule has 0 aromatic carbocycles. The van der Waals surface area contributed by atoms with Crippen LogP contribution in [0.3, 0.4) is 0 Å². The van der Waals surface area contributed by atoms with Gasteiger partial charge in [-0.25, -0.2) is 0 Å². The van der Waals surface area contributed by atoms with Gasteiger partial charge in [-0.2, -0.15) is 11.8 Å². The number of amides is 1. The molecule has 4 nitrogen and oxygen atoms in total. The van der Waals surface area contributed by atoms with Crippen molar-refractivity contribution in [2.75, 3.05) is 44.2 Å². The first-order valence-electron chi connectivity index (χ1n) is 6.65. The fourth-order valence-electron chi connectivity index (χ4n) is 2.40. The number of carbonyl (C=O) groups is 1. The zero-order chi connectivity index (χ0) is 11.9. The van der Waals surface area contributed by atoms with Crippen LogP contribution in [-0.4, -0.2) is 61.1 Å². The number of nitrogens with one attached hydrogen (secondary N) is 2. The Kier molecular flexibility index (Phi) is 5.61. The van der Waals surface area contributed by atoms with Gasteiger partial charge in [-0.05, 0) is 12.8 Å². The highest BCUT2D eigenvalue weighted by Crippen LogP contribution is 2.09. The Morgan fingerprint density at radius 1 is 1.41 bits per heavy atom. The van der Waals surface area contributed by atoms with E-state index in [0.717, 1.165) is 32.5 Å². The van der Waals surface area contributed by atoms with Crippen molar-refractivity contribution in [3.05, 3.63) is 0 Å². The molecule has 2 aliphatic heterocycles. The molecular formula is C12H23N3OS. The molecule has 0 aromatic rings. The van der Waals surface area contributed by atoms with Crippen molar-refractivity contribution >= 4 is 17.7 Å². The molecule has 0 aromatic heterocycles. The van der Waals surface area contributed by atoms with Crippen molar-refractivity contribution < 1.29 is 4.79 Å². The molecule has 0 saturated carbocycles. The Labute approximate surface area is 108 Å². The van der Waals surface area contributed by atoms with E-state index in [-0.39, 0.29) is 5.91 Å². The van der Waals surface area contributed by atoms with E-state index in [9.17, 15) is 4.79 Å². The average Bonchev–Trinajstić information content (AvgIpc) is 2.55. The molecule has 0 bridgehead atoms. The predicted octanol–water partition coefficient (Wildman–Crippen LogP) is 0.294. The van der Waals surface area contributed by atoms with Crippen LogP contribution in [0.25, 0.3) is 0 Å². The van der Waals surface area contributed by atoms with Crippen molar-refractivity contribution in [3.63, 3.8) is 0 Å². The molecular weight excluding hydrogens is 234 g/mol. The molecule has 5 heteroatoms. The van der Waals surface area contributed by atoms with Gasteiger partial charge in [0, 0.05) is 56.7 Å². The van der Waals surface area contributed by atoms with Crippen LogP contribution < -0.4 is 10.6 Å². The van der Waals surface area contributed by atoms with E-state index in [4.69, 9.17) is 0 Å². The normalized spacial score (nSPS) is 27.5. The molecule has 1 unspecified atom stereocenters. The Balaban J connectivity index is 1.61. The summed E-state index contributed by atoms with van der Waals surface area (Å²) in [5.74, 6) is 2.74. The first kappa shape index (κ1) is 13.2. The zero-order valence-electron chi connectivity index (χ0n) is 10.4. The summed E-state index contributed by atoms with van der Waals surface area (Å²) in [6.45, 7) is 5.43. The molecule has 1 amide bonds. The summed E-state index contributed by atoms with van der Waals surface area (Å²) in [6, 6.07) is 0.386. The van der Waals surface area contributed by atoms with Crippen LogP contribution in [0.4, 0.5) is 0 Å². The molecule has 2 fully saturated rings. The highest BCUT2D eigenvalue weighted by Gasteiger charge is 2.17. The van der Waals surface area contributed by atoms with Gasteiger partial charge in [0.2, 0.25) is 5.91 Å². The van der Waals surface area contributed by atoms with Crippen LogP contribution in [0, 0.1) is 0 Å². The van der Waals surface area contributed by atoms with Crippen molar-refractivity contribution in [1.82, 2.24) is 15.5 Å². The minimum atomic E-state index is 0.203. The van der Waals surface area contributed by atoms with Crippen molar-refractivity contribution in [1.29, 1.82) is 0 Å². The first-order chi connectivity index (χ1) is 8.34. The van der Waals surface area contributed by atoms with Crippen molar-refractivity contribution in [2.45, 2.75) is 25.3 Å². The predicted molar refractivity (Wildman–Crippen MR) is 72.4 cm³/mol. The van der Waals surface area contributed by atoms with E-state index >= 15 is 0 Å². The Morgan fingerprint density at radius 3 is 3.06 bits per heavy atom. The third-order valence-corrected chi connectivity index (χ3v) is 4.39. The summed E-state index contributed by atoms with van der Waals surface area (Å²) in [6.07, 6.45) is 2.87. The zero-order valence-corrected chi connectivity index (χ0v) is 11.2. The average molecular weight is 257 g/mol. The van der Waals surface area contributed by atoms with E-state index in [1.165, 1.54) is 24.6 Å². The molecule has 98 valence electrons. The molecule has 2 aliphatic rings. The summed E-state index contributed by atoms with van der Waals surface area (Å²) < 4.78 is 0. The van der Waals surface area contributed by atoms with E-state index in [2.05, 4.69) is 15.5 Å². The minimum Gasteiger partial charge on any atom is -0.356 e. The molecule has 0 radical (unpaired) electrons. The highest BCUT2D eigenvalue weighted by atomic mass is 32.2. The van der Waals surface area contributed by atoms with Gasteiger partial charge in [-0.15, -0.1) is 0 Å². The summed E-state index contributed by atoms with van der Waals surface area (Å²) in [5, 5.41) is 6.45. The SMILES string of the molecule is O=C1CC(NCCN2CCSCC2)CCCN1. The van der Waals surface area contributed by atoms with Crippen LogP contribution in [0.15, 0.2) is 0 Å². The first-order valence-corrected chi connectivity index (χ1v) is 7.80. The van der Waals surface area contributed by atoms with Crippen LogP contribution in [0.5, 0.6) is 0 Å². The quantitative estimate of drug-likeness (QED) is 0.760. The van der Waals surface area contributed by atoms with Gasteiger partial charge in [-0.1, -0.05) is 0 Å². The topological polar surface area (TPSA) is 44.4 Å². The van der Waals surface area contributed by atoms with E-state index in [1.807, 2.05) is 11.8 Å². The van der Waals surface area contributed by atoms with Gasteiger partial charge in [0.15, 0.2) is 0 Å². The van der Waals surface area contributed by atoms with Gasteiger partial charge in [0.1, 0.15) is 0 Å². The minimum absolute atomic E-state index is 0.203. The van der Waals surface area contributed by atoms with Gasteiger partial charge in [0.25, 0.3) is 0 Å². The van der Waals surface area contributed by atoms with Gasteiger partial charge >= 0.3 is 0 Å². The third-order valence-electron chi connectivity index (χ3n) is 3.45. The maximum Gasteiger partial charge on any atom is 0.221 e. The molecule has 17 heavy (non-hydrogen) atoms. The van der Waals surface area contributed by atoms with E-state index in [1.54, 1.807) is 0 Å². The molecule has 2 N–H and O–H groups in total. The van der Waals surface area contributed by atoms with Crippen LogP contribution in [0.2, 0.25) is 0 Å². The number of carbonyl (C=O) groups excluding carboxylic acids is 1. The monoisotopic (exact) mass is 257 g/mol. The van der Waals surface area contributed by atoms with Crippen molar-refractivity contribution in [3.8, 4) is 0 Å². The molecule has 1 atom stereocenters. The van der Waals surface area contributed by atoms with Gasteiger partial charge in [0.05, 0.1) is 0 Å². The van der Waals surface area contributed by atoms with Gasteiger partial charge < -0.3 is 15.5 Å². The van der Waals surface area contributed by atoms with Crippen LogP contribution >= 0.6 is 11.8 Å². The maximum atomic E-state index is 11.4. The molecule has 2 saturated heterocycles. The Hall–Kier alpha value is -0.260. The lowest BCUT2D eigenvalue weighted by Gasteiger charge is -2.27. The second-order valence-corrected chi connectivity index (χ2v) is 6.03. The smallest absolute Gasteiger partial charge is 0.221 e. The fourth-order valence-corrected chi connectivity index (χ4v) is 3.38. The summed E-state index contributed by atoms with van der Waals surface area (Å²) in [5.41, 5.74) is 0. The second kappa shape index (κ2) is 7.24.